The van der Waals surface area contributed by atoms with Gasteiger partial charge >= 0.3 is 0 Å². The largest absolute Gasteiger partial charge is 0.397 e. The number of hydrogen-bond acceptors (Lipinski definition) is 5. The fourth-order valence-corrected chi connectivity index (χ4v) is 5.19. The minimum Gasteiger partial charge on any atom is -0.397 e. The fourth-order valence-electron chi connectivity index (χ4n) is 4.20. The summed E-state index contributed by atoms with van der Waals surface area (Å²) >= 11 is 1.35. The second-order valence-electron chi connectivity index (χ2n) is 7.05. The van der Waals surface area contributed by atoms with Crippen LogP contribution >= 0.6 is 11.3 Å². The quantitative estimate of drug-likeness (QED) is 0.797. The van der Waals surface area contributed by atoms with Crippen molar-refractivity contribution in [3.05, 3.63) is 22.2 Å². The number of hydrogen-bond donors (Lipinski definition) is 3. The zero-order chi connectivity index (χ0) is 16.7. The van der Waals surface area contributed by atoms with E-state index in [0.29, 0.717) is 22.4 Å². The molecule has 0 aromatic carbocycles. The van der Waals surface area contributed by atoms with Gasteiger partial charge in [-0.3, -0.25) is 4.79 Å². The lowest BCUT2D eigenvalue weighted by molar-refractivity contribution is 0.100. The van der Waals surface area contributed by atoms with Crippen molar-refractivity contribution >= 4 is 33.1 Å². The molecule has 2 fully saturated rings. The SMILES string of the molecule is NC(=O)c1sc2nc(C3CCCCC3)cc(C3CCNC3)c2c1N. The van der Waals surface area contributed by atoms with Gasteiger partial charge in [0.25, 0.3) is 5.91 Å². The maximum atomic E-state index is 11.7. The first-order valence-corrected chi connectivity index (χ1v) is 9.70. The Kier molecular flexibility index (Phi) is 4.18. The van der Waals surface area contributed by atoms with Crippen LogP contribution in [0.5, 0.6) is 0 Å². The number of nitrogen functional groups attached to an aromatic ring is 1. The molecule has 2 aromatic heterocycles. The van der Waals surface area contributed by atoms with Crippen molar-refractivity contribution in [2.24, 2.45) is 5.73 Å². The first-order chi connectivity index (χ1) is 11.6. The van der Waals surface area contributed by atoms with Crippen molar-refractivity contribution in [3.63, 3.8) is 0 Å². The van der Waals surface area contributed by atoms with Crippen LogP contribution in [-0.4, -0.2) is 24.0 Å². The van der Waals surface area contributed by atoms with E-state index in [1.165, 1.54) is 54.7 Å². The molecule has 2 aromatic rings. The zero-order valence-corrected chi connectivity index (χ0v) is 14.6. The minimum atomic E-state index is -0.454. The van der Waals surface area contributed by atoms with Crippen LogP contribution < -0.4 is 16.8 Å². The molecule has 0 bridgehead atoms. The first-order valence-electron chi connectivity index (χ1n) is 8.88. The Hall–Kier alpha value is -1.66. The molecule has 0 radical (unpaired) electrons. The molecular formula is C18H24N4OS. The number of carbonyl (C=O) groups excluding carboxylic acids is 1. The van der Waals surface area contributed by atoms with Gasteiger partial charge in [0.05, 0.1) is 5.69 Å². The van der Waals surface area contributed by atoms with E-state index in [1.807, 2.05) is 0 Å². The molecular weight excluding hydrogens is 320 g/mol. The smallest absolute Gasteiger partial charge is 0.260 e. The normalized spacial score (nSPS) is 22.2. The number of carbonyl (C=O) groups is 1. The zero-order valence-electron chi connectivity index (χ0n) is 13.8. The van der Waals surface area contributed by atoms with Gasteiger partial charge in [0.1, 0.15) is 9.71 Å². The van der Waals surface area contributed by atoms with Gasteiger partial charge in [0, 0.05) is 23.5 Å². The lowest BCUT2D eigenvalue weighted by atomic mass is 9.85. The van der Waals surface area contributed by atoms with E-state index in [0.717, 1.165) is 29.7 Å². The fraction of sp³-hybridized carbons (Fsp3) is 0.556. The summed E-state index contributed by atoms with van der Waals surface area (Å²) in [6.07, 6.45) is 7.42. The molecule has 1 saturated carbocycles. The first kappa shape index (κ1) is 15.8. The van der Waals surface area contributed by atoms with Crippen molar-refractivity contribution in [2.75, 3.05) is 18.8 Å². The van der Waals surface area contributed by atoms with Crippen LogP contribution in [0, 0.1) is 0 Å². The van der Waals surface area contributed by atoms with Crippen LogP contribution in [0.15, 0.2) is 6.07 Å². The van der Waals surface area contributed by atoms with Crippen molar-refractivity contribution in [1.82, 2.24) is 10.3 Å². The molecule has 0 spiro atoms. The minimum absolute atomic E-state index is 0.440. The third kappa shape index (κ3) is 2.67. The molecule has 3 heterocycles. The van der Waals surface area contributed by atoms with Crippen LogP contribution in [0.2, 0.25) is 0 Å². The van der Waals surface area contributed by atoms with Gasteiger partial charge < -0.3 is 16.8 Å². The van der Waals surface area contributed by atoms with Crippen molar-refractivity contribution in [2.45, 2.75) is 50.4 Å². The molecule has 1 amide bonds. The number of nitrogens with two attached hydrogens (primary N) is 2. The Morgan fingerprint density at radius 1 is 1.21 bits per heavy atom. The van der Waals surface area contributed by atoms with Gasteiger partial charge in [-0.2, -0.15) is 0 Å². The van der Waals surface area contributed by atoms with Crippen molar-refractivity contribution in [1.29, 1.82) is 0 Å². The Labute approximate surface area is 145 Å². The van der Waals surface area contributed by atoms with Crippen molar-refractivity contribution < 1.29 is 4.79 Å². The van der Waals surface area contributed by atoms with E-state index in [-0.39, 0.29) is 0 Å². The molecule has 1 aliphatic carbocycles. The van der Waals surface area contributed by atoms with Gasteiger partial charge in [0.15, 0.2) is 0 Å². The monoisotopic (exact) mass is 344 g/mol. The van der Waals surface area contributed by atoms with E-state index in [9.17, 15) is 4.79 Å². The van der Waals surface area contributed by atoms with Crippen LogP contribution in [0.25, 0.3) is 10.2 Å². The molecule has 24 heavy (non-hydrogen) atoms. The van der Waals surface area contributed by atoms with E-state index in [4.69, 9.17) is 16.5 Å². The summed E-state index contributed by atoms with van der Waals surface area (Å²) in [6, 6.07) is 2.27. The lowest BCUT2D eigenvalue weighted by Gasteiger charge is -2.22. The highest BCUT2D eigenvalue weighted by atomic mass is 32.1. The standard InChI is InChI=1S/C18H24N4OS/c19-15-14-12(11-6-7-21-9-11)8-13(10-4-2-1-3-5-10)22-18(14)24-16(15)17(20)23/h8,10-11,21H,1-7,9,19H2,(H2,20,23). The molecule has 6 heteroatoms. The summed E-state index contributed by atoms with van der Waals surface area (Å²) in [7, 11) is 0. The highest BCUT2D eigenvalue weighted by Gasteiger charge is 2.27. The number of fused-ring (bicyclic) bond motifs is 1. The maximum Gasteiger partial charge on any atom is 0.260 e. The summed E-state index contributed by atoms with van der Waals surface area (Å²) in [5.74, 6) is 0.525. The lowest BCUT2D eigenvalue weighted by Crippen LogP contribution is -2.12. The second-order valence-corrected chi connectivity index (χ2v) is 8.05. The predicted molar refractivity (Wildman–Crippen MR) is 98.6 cm³/mol. The van der Waals surface area contributed by atoms with Gasteiger partial charge in [-0.1, -0.05) is 19.3 Å². The molecule has 128 valence electrons. The summed E-state index contributed by atoms with van der Waals surface area (Å²) in [6.45, 7) is 1.99. The number of aromatic nitrogens is 1. The number of thiophene rings is 1. The van der Waals surface area contributed by atoms with Crippen molar-refractivity contribution in [3.8, 4) is 0 Å². The molecule has 1 saturated heterocycles. The number of rotatable bonds is 3. The average Bonchev–Trinajstić information content (AvgIpc) is 3.23. The summed E-state index contributed by atoms with van der Waals surface area (Å²) < 4.78 is 0. The van der Waals surface area contributed by atoms with Gasteiger partial charge in [-0.25, -0.2) is 4.98 Å². The molecule has 4 rings (SSSR count). The average molecular weight is 344 g/mol. The molecule has 1 atom stereocenters. The van der Waals surface area contributed by atoms with Crippen LogP contribution in [0.4, 0.5) is 5.69 Å². The van der Waals surface area contributed by atoms with E-state index in [1.54, 1.807) is 0 Å². The molecule has 2 aliphatic rings. The second kappa shape index (κ2) is 6.33. The molecule has 1 unspecified atom stereocenters. The van der Waals surface area contributed by atoms with E-state index >= 15 is 0 Å². The number of pyridine rings is 1. The van der Waals surface area contributed by atoms with Gasteiger partial charge in [0.2, 0.25) is 0 Å². The Bertz CT molecular complexity index is 773. The van der Waals surface area contributed by atoms with Crippen LogP contribution in [0.3, 0.4) is 0 Å². The number of nitrogens with zero attached hydrogens (tertiary/aromatic N) is 1. The van der Waals surface area contributed by atoms with E-state index in [2.05, 4.69) is 11.4 Å². The topological polar surface area (TPSA) is 94.0 Å². The summed E-state index contributed by atoms with van der Waals surface area (Å²) in [5.41, 5.74) is 14.8. The number of amides is 1. The summed E-state index contributed by atoms with van der Waals surface area (Å²) in [4.78, 5) is 18.0. The highest BCUT2D eigenvalue weighted by molar-refractivity contribution is 7.21. The van der Waals surface area contributed by atoms with Gasteiger partial charge in [-0.15, -0.1) is 11.3 Å². The van der Waals surface area contributed by atoms with Crippen LogP contribution in [0.1, 0.15) is 71.3 Å². The Morgan fingerprint density at radius 3 is 2.67 bits per heavy atom. The summed E-state index contributed by atoms with van der Waals surface area (Å²) in [5, 5.41) is 4.39. The number of primary amides is 1. The predicted octanol–water partition coefficient (Wildman–Crippen LogP) is 3.10. The molecule has 5 N–H and O–H groups in total. The van der Waals surface area contributed by atoms with E-state index < -0.39 is 5.91 Å². The third-order valence-electron chi connectivity index (χ3n) is 5.50. The third-order valence-corrected chi connectivity index (χ3v) is 6.61. The molecule has 1 aliphatic heterocycles. The number of nitrogens with one attached hydrogen (secondary N) is 1. The van der Waals surface area contributed by atoms with Crippen LogP contribution in [-0.2, 0) is 0 Å². The molecule has 5 nitrogen and oxygen atoms in total. The Balaban J connectivity index is 1.88. The highest BCUT2D eigenvalue weighted by Crippen LogP contribution is 2.42. The van der Waals surface area contributed by atoms with Gasteiger partial charge in [-0.05, 0) is 43.4 Å². The Morgan fingerprint density at radius 2 is 2.00 bits per heavy atom. The maximum absolute atomic E-state index is 11.7. The number of anilines is 1.